The van der Waals surface area contributed by atoms with Crippen molar-refractivity contribution in [3.8, 4) is 0 Å². The Bertz CT molecular complexity index is 276. The van der Waals surface area contributed by atoms with Crippen LogP contribution in [0.4, 0.5) is 0 Å². The molecule has 0 aliphatic heterocycles. The number of hydrogen-bond donors (Lipinski definition) is 1. The second kappa shape index (κ2) is 3.40. The molecule has 1 atom stereocenters. The molecule has 12 heavy (non-hydrogen) atoms. The van der Waals surface area contributed by atoms with Gasteiger partial charge in [0.05, 0.1) is 0 Å². The van der Waals surface area contributed by atoms with Crippen molar-refractivity contribution in [2.75, 3.05) is 7.11 Å². The molecule has 4 nitrogen and oxygen atoms in total. The van der Waals surface area contributed by atoms with Crippen molar-refractivity contribution in [3.63, 3.8) is 0 Å². The Labute approximate surface area is 69.8 Å². The minimum absolute atomic E-state index is 0.0612. The van der Waals surface area contributed by atoms with E-state index in [1.54, 1.807) is 13.0 Å². The van der Waals surface area contributed by atoms with E-state index in [0.29, 0.717) is 5.76 Å². The van der Waals surface area contributed by atoms with E-state index in [2.05, 4.69) is 0 Å². The Morgan fingerprint density at radius 1 is 1.67 bits per heavy atom. The third-order valence-electron chi connectivity index (χ3n) is 1.59. The van der Waals surface area contributed by atoms with E-state index < -0.39 is 5.97 Å². The Hall–Kier alpha value is -1.29. The van der Waals surface area contributed by atoms with Crippen LogP contribution in [0.25, 0.3) is 0 Å². The van der Waals surface area contributed by atoms with Gasteiger partial charge in [-0.25, -0.2) is 4.79 Å². The molecule has 1 aromatic rings. The SMILES string of the molecule is CO[C@H](C)c1ccc(C(=O)O)o1. The fourth-order valence-corrected chi connectivity index (χ4v) is 0.802. The molecule has 0 aliphatic carbocycles. The summed E-state index contributed by atoms with van der Waals surface area (Å²) in [5, 5.41) is 8.52. The van der Waals surface area contributed by atoms with Crippen LogP contribution in [0.5, 0.6) is 0 Å². The van der Waals surface area contributed by atoms with Crippen LogP contribution in [-0.2, 0) is 4.74 Å². The number of methoxy groups -OCH3 is 1. The van der Waals surface area contributed by atoms with Crippen molar-refractivity contribution < 1.29 is 19.1 Å². The van der Waals surface area contributed by atoms with Crippen LogP contribution in [0.1, 0.15) is 29.3 Å². The molecular formula is C8H10O4. The van der Waals surface area contributed by atoms with Gasteiger partial charge in [0.2, 0.25) is 5.76 Å². The maximum atomic E-state index is 10.4. The molecule has 0 saturated heterocycles. The summed E-state index contributed by atoms with van der Waals surface area (Å²) in [5.41, 5.74) is 0. The first kappa shape index (κ1) is 8.80. The maximum Gasteiger partial charge on any atom is 0.371 e. The highest BCUT2D eigenvalue weighted by atomic mass is 16.5. The van der Waals surface area contributed by atoms with Crippen LogP contribution in [0.3, 0.4) is 0 Å². The number of ether oxygens (including phenoxy) is 1. The molecule has 0 bridgehead atoms. The van der Waals surface area contributed by atoms with Crippen LogP contribution < -0.4 is 0 Å². The highest BCUT2D eigenvalue weighted by molar-refractivity contribution is 5.84. The van der Waals surface area contributed by atoms with Crippen LogP contribution in [0, 0.1) is 0 Å². The van der Waals surface area contributed by atoms with Crippen molar-refractivity contribution >= 4 is 5.97 Å². The van der Waals surface area contributed by atoms with Gasteiger partial charge in [-0.15, -0.1) is 0 Å². The van der Waals surface area contributed by atoms with Crippen molar-refractivity contribution in [1.29, 1.82) is 0 Å². The highest BCUT2D eigenvalue weighted by Gasteiger charge is 2.12. The molecule has 0 aliphatic rings. The normalized spacial score (nSPS) is 12.8. The number of furan rings is 1. The first-order valence-corrected chi connectivity index (χ1v) is 3.51. The van der Waals surface area contributed by atoms with Crippen LogP contribution >= 0.6 is 0 Å². The largest absolute Gasteiger partial charge is 0.475 e. The van der Waals surface area contributed by atoms with Gasteiger partial charge in [0.15, 0.2) is 0 Å². The molecule has 0 unspecified atom stereocenters. The third kappa shape index (κ3) is 1.65. The van der Waals surface area contributed by atoms with Gasteiger partial charge in [0.1, 0.15) is 11.9 Å². The Morgan fingerprint density at radius 2 is 2.33 bits per heavy atom. The van der Waals surface area contributed by atoms with Gasteiger partial charge in [0, 0.05) is 7.11 Å². The number of rotatable bonds is 3. The van der Waals surface area contributed by atoms with Crippen LogP contribution in [0.15, 0.2) is 16.5 Å². The topological polar surface area (TPSA) is 59.7 Å². The minimum atomic E-state index is -1.07. The minimum Gasteiger partial charge on any atom is -0.475 e. The highest BCUT2D eigenvalue weighted by Crippen LogP contribution is 2.18. The summed E-state index contributed by atoms with van der Waals surface area (Å²) in [6, 6.07) is 3.00. The molecule has 0 fully saturated rings. The molecule has 1 rings (SSSR count). The molecule has 0 spiro atoms. The average Bonchev–Trinajstić information content (AvgIpc) is 2.51. The lowest BCUT2D eigenvalue weighted by molar-refractivity contribution is 0.0639. The molecule has 0 radical (unpaired) electrons. The lowest BCUT2D eigenvalue weighted by atomic mass is 10.3. The summed E-state index contributed by atoms with van der Waals surface area (Å²) in [7, 11) is 1.54. The van der Waals surface area contributed by atoms with Gasteiger partial charge < -0.3 is 14.3 Å². The number of aromatic carboxylic acids is 1. The summed E-state index contributed by atoms with van der Waals surface area (Å²) in [6.07, 6.45) is -0.210. The number of hydrogen-bond acceptors (Lipinski definition) is 3. The van der Waals surface area contributed by atoms with Gasteiger partial charge in [-0.1, -0.05) is 0 Å². The van der Waals surface area contributed by atoms with E-state index >= 15 is 0 Å². The predicted molar refractivity (Wildman–Crippen MR) is 41.1 cm³/mol. The second-order valence-corrected chi connectivity index (χ2v) is 2.39. The zero-order valence-corrected chi connectivity index (χ0v) is 6.90. The quantitative estimate of drug-likeness (QED) is 0.749. The van der Waals surface area contributed by atoms with E-state index in [0.717, 1.165) is 0 Å². The smallest absolute Gasteiger partial charge is 0.371 e. The van der Waals surface area contributed by atoms with Crippen molar-refractivity contribution in [2.45, 2.75) is 13.0 Å². The number of carboxylic acids is 1. The molecule has 1 heterocycles. The monoisotopic (exact) mass is 170 g/mol. The average molecular weight is 170 g/mol. The van der Waals surface area contributed by atoms with Crippen molar-refractivity contribution in [1.82, 2.24) is 0 Å². The molecule has 66 valence electrons. The molecule has 1 N–H and O–H groups in total. The van der Waals surface area contributed by atoms with Crippen LogP contribution in [-0.4, -0.2) is 18.2 Å². The molecule has 0 amide bonds. The molecule has 1 aromatic heterocycles. The standard InChI is InChI=1S/C8H10O4/c1-5(11-2)6-3-4-7(12-6)8(9)10/h3-5H,1-2H3,(H,9,10)/t5-/m1/s1. The summed E-state index contributed by atoms with van der Waals surface area (Å²) in [5.74, 6) is -0.603. The summed E-state index contributed by atoms with van der Waals surface area (Å²) in [6.45, 7) is 1.78. The van der Waals surface area contributed by atoms with E-state index in [4.69, 9.17) is 14.3 Å². The fraction of sp³-hybridized carbons (Fsp3) is 0.375. The van der Waals surface area contributed by atoms with E-state index in [9.17, 15) is 4.79 Å². The van der Waals surface area contributed by atoms with E-state index in [1.165, 1.54) is 13.2 Å². The van der Waals surface area contributed by atoms with Crippen molar-refractivity contribution in [2.24, 2.45) is 0 Å². The molecule has 0 saturated carbocycles. The zero-order valence-electron chi connectivity index (χ0n) is 6.90. The van der Waals surface area contributed by atoms with Gasteiger partial charge in [-0.2, -0.15) is 0 Å². The zero-order chi connectivity index (χ0) is 9.14. The first-order chi connectivity index (χ1) is 5.65. The number of carboxylic acid groups (broad SMARTS) is 1. The Morgan fingerprint density at radius 3 is 2.75 bits per heavy atom. The second-order valence-electron chi connectivity index (χ2n) is 2.39. The predicted octanol–water partition coefficient (Wildman–Crippen LogP) is 1.69. The molecular weight excluding hydrogens is 160 g/mol. The van der Waals surface area contributed by atoms with Gasteiger partial charge >= 0.3 is 5.97 Å². The summed E-state index contributed by atoms with van der Waals surface area (Å²) < 4.78 is 9.92. The summed E-state index contributed by atoms with van der Waals surface area (Å²) >= 11 is 0. The fourth-order valence-electron chi connectivity index (χ4n) is 0.802. The first-order valence-electron chi connectivity index (χ1n) is 3.51. The Kier molecular flexibility index (Phi) is 2.50. The maximum absolute atomic E-state index is 10.4. The van der Waals surface area contributed by atoms with Crippen LogP contribution in [0.2, 0.25) is 0 Å². The van der Waals surface area contributed by atoms with Gasteiger partial charge in [-0.3, -0.25) is 0 Å². The van der Waals surface area contributed by atoms with E-state index in [1.807, 2.05) is 0 Å². The number of carbonyl (C=O) groups is 1. The molecule has 0 aromatic carbocycles. The van der Waals surface area contributed by atoms with Crippen molar-refractivity contribution in [3.05, 3.63) is 23.7 Å². The lowest BCUT2D eigenvalue weighted by Crippen LogP contribution is -1.94. The third-order valence-corrected chi connectivity index (χ3v) is 1.59. The van der Waals surface area contributed by atoms with Gasteiger partial charge in [0.25, 0.3) is 0 Å². The molecule has 4 heteroatoms. The van der Waals surface area contributed by atoms with E-state index in [-0.39, 0.29) is 11.9 Å². The Balaban J connectivity index is 2.84. The lowest BCUT2D eigenvalue weighted by Gasteiger charge is -2.03. The summed E-state index contributed by atoms with van der Waals surface area (Å²) in [4.78, 5) is 10.4. The van der Waals surface area contributed by atoms with Gasteiger partial charge in [-0.05, 0) is 19.1 Å².